The van der Waals surface area contributed by atoms with E-state index in [2.05, 4.69) is 16.0 Å². The van der Waals surface area contributed by atoms with Crippen LogP contribution in [0.2, 0.25) is 0 Å². The summed E-state index contributed by atoms with van der Waals surface area (Å²) in [7, 11) is -5.84. The molecule has 0 radical (unpaired) electrons. The molecule has 0 spiro atoms. The maximum Gasteiger partial charge on any atom is 0.399 e. The number of anilines is 1. The van der Waals surface area contributed by atoms with Crippen molar-refractivity contribution in [3.05, 3.63) is 99.9 Å². The van der Waals surface area contributed by atoms with Gasteiger partial charge >= 0.3 is 13.3 Å². The predicted octanol–water partition coefficient (Wildman–Crippen LogP) is 5.90. The van der Waals surface area contributed by atoms with Crippen molar-refractivity contribution in [1.82, 2.24) is 25.3 Å². The summed E-state index contributed by atoms with van der Waals surface area (Å²) in [5, 5.41) is 8.78. The molecule has 2 unspecified atom stereocenters. The Hall–Kier alpha value is -5.63. The minimum Gasteiger partial charge on any atom is -0.385 e. The smallest absolute Gasteiger partial charge is 0.385 e. The summed E-state index contributed by atoms with van der Waals surface area (Å²) in [6, 6.07) is 16.6. The number of rotatable bonds is 16. The number of carbonyl (C=O) groups excluding carboxylic acids is 6. The number of ether oxygens (including phenoxy) is 2. The second kappa shape index (κ2) is 20.6. The average Bonchev–Trinajstić information content (AvgIpc) is 4.05. The number of nitrogens with zero attached hydrogens (tertiary/aromatic N) is 3. The number of likely N-dealkylation sites (tertiary alicyclic amines) is 1. The van der Waals surface area contributed by atoms with Gasteiger partial charge < -0.3 is 44.6 Å². The second-order valence-corrected chi connectivity index (χ2v) is 22.0. The van der Waals surface area contributed by atoms with Gasteiger partial charge in [-0.2, -0.15) is 8.78 Å². The molecule has 5 heterocycles. The molecule has 4 aliphatic rings. The fourth-order valence-electron chi connectivity index (χ4n) is 9.48. The Morgan fingerprint density at radius 3 is 2.49 bits per heavy atom. The molecule has 8 rings (SSSR count). The summed E-state index contributed by atoms with van der Waals surface area (Å²) in [6.45, 7) is 7.50. The van der Waals surface area contributed by atoms with Crippen LogP contribution >= 0.6 is 18.9 Å². The van der Waals surface area contributed by atoms with Gasteiger partial charge in [0.15, 0.2) is 0 Å². The number of imide groups is 1. The van der Waals surface area contributed by atoms with E-state index < -0.39 is 66.2 Å². The Morgan fingerprint density at radius 2 is 1.76 bits per heavy atom. The number of benzene rings is 3. The van der Waals surface area contributed by atoms with Crippen molar-refractivity contribution in [3.63, 3.8) is 0 Å². The SMILES string of the molecule is CC(C)(C)[C@H](NC(=O)c1cc2cc(C(F)(F)P(=O)(O)O)ccc2s1)C(=O)N1C[C@@H](OCCCCCNc2cccc3c2CN(C2CCC(=O)NC2=O)C3=O)C[C@H]1C(=O)N1CCOC(c2ccccc2)C1. The van der Waals surface area contributed by atoms with Crippen LogP contribution in [0.25, 0.3) is 10.1 Å². The number of fused-ring (bicyclic) bond motifs is 2. The van der Waals surface area contributed by atoms with Crippen molar-refractivity contribution in [2.24, 2.45) is 5.41 Å². The van der Waals surface area contributed by atoms with Gasteiger partial charge in [0.1, 0.15) is 24.2 Å². The van der Waals surface area contributed by atoms with Gasteiger partial charge in [0.25, 0.3) is 11.8 Å². The Bertz CT molecular complexity index is 2710. The third-order valence-corrected chi connectivity index (χ3v) is 15.4. The topological polar surface area (TPSA) is 224 Å². The fourth-order valence-corrected chi connectivity index (χ4v) is 10.9. The summed E-state index contributed by atoms with van der Waals surface area (Å²) in [4.78, 5) is 104. The van der Waals surface area contributed by atoms with E-state index in [-0.39, 0.29) is 73.0 Å². The van der Waals surface area contributed by atoms with Crippen LogP contribution in [0.3, 0.4) is 0 Å². The van der Waals surface area contributed by atoms with E-state index in [1.54, 1.807) is 37.8 Å². The van der Waals surface area contributed by atoms with Crippen LogP contribution < -0.4 is 16.0 Å². The first-order valence-electron chi connectivity index (χ1n) is 23.4. The van der Waals surface area contributed by atoms with Gasteiger partial charge in [0.2, 0.25) is 23.6 Å². The molecule has 21 heteroatoms. The van der Waals surface area contributed by atoms with Gasteiger partial charge in [0.05, 0.1) is 24.1 Å². The number of halogens is 2. The van der Waals surface area contributed by atoms with Crippen LogP contribution in [-0.4, -0.2) is 124 Å². The number of piperidine rings is 1. The van der Waals surface area contributed by atoms with Gasteiger partial charge in [-0.1, -0.05) is 63.2 Å². The van der Waals surface area contributed by atoms with Crippen molar-refractivity contribution in [1.29, 1.82) is 0 Å². The van der Waals surface area contributed by atoms with Gasteiger partial charge in [-0.3, -0.25) is 38.6 Å². The molecule has 3 aromatic carbocycles. The van der Waals surface area contributed by atoms with Gasteiger partial charge in [-0.05, 0) is 72.4 Å². The number of hydrogen-bond donors (Lipinski definition) is 5. The highest BCUT2D eigenvalue weighted by atomic mass is 32.1. The molecule has 3 fully saturated rings. The number of morpholine rings is 1. The largest absolute Gasteiger partial charge is 0.399 e. The van der Waals surface area contributed by atoms with E-state index in [1.807, 2.05) is 36.4 Å². The molecular weight excluding hydrogens is 950 g/mol. The molecule has 0 aliphatic carbocycles. The number of thiophene rings is 1. The van der Waals surface area contributed by atoms with E-state index >= 15 is 0 Å². The Kier molecular flexibility index (Phi) is 14.9. The number of alkyl halides is 2. The lowest BCUT2D eigenvalue weighted by molar-refractivity contribution is -0.150. The van der Waals surface area contributed by atoms with Crippen molar-refractivity contribution in [3.8, 4) is 0 Å². The zero-order chi connectivity index (χ0) is 50.1. The number of carbonyl (C=O) groups is 6. The van der Waals surface area contributed by atoms with E-state index in [4.69, 9.17) is 9.47 Å². The van der Waals surface area contributed by atoms with Crippen LogP contribution in [0.15, 0.2) is 72.8 Å². The summed E-state index contributed by atoms with van der Waals surface area (Å²) in [5.41, 5.74) is -3.17. The number of amides is 6. The average molecular weight is 1010 g/mol. The molecule has 4 aromatic rings. The monoisotopic (exact) mass is 1010 g/mol. The highest BCUT2D eigenvalue weighted by molar-refractivity contribution is 7.52. The van der Waals surface area contributed by atoms with E-state index in [0.717, 1.165) is 53.1 Å². The quantitative estimate of drug-likeness (QED) is 0.0503. The lowest BCUT2D eigenvalue weighted by atomic mass is 9.85. The molecule has 70 heavy (non-hydrogen) atoms. The Balaban J connectivity index is 0.912. The lowest BCUT2D eigenvalue weighted by Crippen LogP contribution is -2.58. The highest BCUT2D eigenvalue weighted by Crippen LogP contribution is 2.59. The molecule has 5 atom stereocenters. The highest BCUT2D eigenvalue weighted by Gasteiger charge is 2.51. The van der Waals surface area contributed by atoms with Crippen molar-refractivity contribution < 1.29 is 61.4 Å². The van der Waals surface area contributed by atoms with Crippen LogP contribution in [-0.2, 0) is 45.4 Å². The van der Waals surface area contributed by atoms with E-state index in [1.165, 1.54) is 21.9 Å². The summed E-state index contributed by atoms with van der Waals surface area (Å²) < 4.78 is 53.5. The predicted molar refractivity (Wildman–Crippen MR) is 255 cm³/mol. The van der Waals surface area contributed by atoms with Gasteiger partial charge in [-0.15, -0.1) is 11.3 Å². The molecule has 0 bridgehead atoms. The van der Waals surface area contributed by atoms with Crippen LogP contribution in [0, 0.1) is 5.41 Å². The third kappa shape index (κ3) is 10.8. The molecule has 0 saturated carbocycles. The first kappa shape index (κ1) is 50.7. The zero-order valence-electron chi connectivity index (χ0n) is 39.0. The molecule has 4 aliphatic heterocycles. The van der Waals surface area contributed by atoms with Crippen LogP contribution in [0.1, 0.15) is 102 Å². The standard InChI is InChI=1S/C49H57F2N6O11PS/c1-48(2,3)42(54-44(60)40-24-30-23-31(15-17-39(30)70-40)49(50,51)69(64,65)66)47(63)56-26-32(25-37(56)46(62)55-20-22-68-38(28-55)29-11-6-4-7-12-29)67-21-9-5-8-19-52-35-14-10-13-33-34(35)27-57(45(33)61)36-16-18-41(58)53-43(36)59/h4,6-7,10-15,17,23-24,32,36-38,42,52H,5,8-9,16,18-22,25-28H2,1-3H3,(H,54,60)(H,53,58,59)(H2,64,65,66)/t32-,36?,37-,38?,42+/m0/s1. The van der Waals surface area contributed by atoms with Crippen molar-refractivity contribution in [2.45, 2.75) is 102 Å². The van der Waals surface area contributed by atoms with Crippen LogP contribution in [0.4, 0.5) is 14.5 Å². The maximum atomic E-state index is 14.8. The zero-order valence-corrected chi connectivity index (χ0v) is 40.7. The van der Waals surface area contributed by atoms with Gasteiger partial charge in [-0.25, -0.2) is 0 Å². The minimum atomic E-state index is -5.84. The Labute approximate surface area is 407 Å². The molecular formula is C49H57F2N6O11PS. The first-order valence-corrected chi connectivity index (χ1v) is 25.8. The van der Waals surface area contributed by atoms with E-state index in [9.17, 15) is 51.9 Å². The third-order valence-electron chi connectivity index (χ3n) is 13.3. The fraction of sp³-hybridized carbons (Fsp3) is 0.469. The molecule has 1 aromatic heterocycles. The number of nitrogens with one attached hydrogen (secondary N) is 3. The first-order chi connectivity index (χ1) is 33.2. The van der Waals surface area contributed by atoms with Gasteiger partial charge in [0, 0.05) is 72.7 Å². The summed E-state index contributed by atoms with van der Waals surface area (Å²) in [5.74, 6) is -2.48. The molecule has 3 saturated heterocycles. The molecule has 5 N–H and O–H groups in total. The number of unbranched alkanes of at least 4 members (excludes halogenated alkanes) is 2. The van der Waals surface area contributed by atoms with E-state index in [0.29, 0.717) is 43.0 Å². The van der Waals surface area contributed by atoms with Crippen LogP contribution in [0.5, 0.6) is 0 Å². The molecule has 17 nitrogen and oxygen atoms in total. The second-order valence-electron chi connectivity index (χ2n) is 19.2. The normalized spacial score (nSPS) is 21.5. The maximum absolute atomic E-state index is 14.8. The molecule has 374 valence electrons. The lowest BCUT2D eigenvalue weighted by Gasteiger charge is -2.38. The summed E-state index contributed by atoms with van der Waals surface area (Å²) >= 11 is 0.969. The van der Waals surface area contributed by atoms with Crippen molar-refractivity contribution in [2.75, 3.05) is 44.7 Å². The summed E-state index contributed by atoms with van der Waals surface area (Å²) in [6.07, 6.45) is 2.02. The minimum absolute atomic E-state index is 0.0821. The number of hydrogen-bond acceptors (Lipinski definition) is 11. The molecule has 6 amide bonds. The Morgan fingerprint density at radius 1 is 0.986 bits per heavy atom. The van der Waals surface area contributed by atoms with Crippen molar-refractivity contribution >= 4 is 70.1 Å².